The van der Waals surface area contributed by atoms with Crippen LogP contribution in [0.25, 0.3) is 0 Å². The van der Waals surface area contributed by atoms with E-state index in [1.54, 1.807) is 24.3 Å². The van der Waals surface area contributed by atoms with Gasteiger partial charge in [-0.25, -0.2) is 45.5 Å². The lowest BCUT2D eigenvalue weighted by molar-refractivity contribution is 0.0680. The van der Waals surface area contributed by atoms with Crippen LogP contribution < -0.4 is 9.47 Å². The Bertz CT molecular complexity index is 2690. The standard InChI is InChI=1S/C35H30Br2F4O4.C23H26F2O4/c36-28-16-12-24(20-32(28)40)44-34(42)26-14-10-22(18-30(26)38)8-6-4-2-1-3-5-7-9-23-11-15-27(31(39)19-23)35(43)45-25-13-17-29(37)33(41)21-25;24-20-14-16(10-12-18(20)22(26)27)8-6-4-2-1-3-5-7-9-17-11-13-19(23(28)29)21(25)15-17/h10-21H,1-9H2;10-15H,1-9H2,(H,26,27)(H,28,29). The van der Waals surface area contributed by atoms with Crippen LogP contribution in [0.2, 0.25) is 0 Å². The molecule has 0 heterocycles. The molecule has 0 fully saturated rings. The van der Waals surface area contributed by atoms with Crippen molar-refractivity contribution in [1.29, 1.82) is 0 Å². The molecule has 0 saturated heterocycles. The Balaban J connectivity index is 0.000000302. The van der Waals surface area contributed by atoms with Gasteiger partial charge in [0.2, 0.25) is 0 Å². The average Bonchev–Trinajstić information content (AvgIpc) is 3.35. The first-order valence-electron chi connectivity index (χ1n) is 24.4. The molecule has 392 valence electrons. The molecule has 6 rings (SSSR count). The Morgan fingerprint density at radius 3 is 0.838 bits per heavy atom. The Hall–Kier alpha value is -6.26. The van der Waals surface area contributed by atoms with Gasteiger partial charge in [0.05, 0.1) is 31.2 Å². The van der Waals surface area contributed by atoms with E-state index < -0.39 is 58.8 Å². The number of hydrogen-bond donors (Lipinski definition) is 2. The summed E-state index contributed by atoms with van der Waals surface area (Å²) in [6.07, 6.45) is 16.8. The van der Waals surface area contributed by atoms with Crippen LogP contribution in [0.15, 0.2) is 118 Å². The molecule has 0 saturated carbocycles. The highest BCUT2D eigenvalue weighted by Gasteiger charge is 2.18. The molecule has 6 aromatic carbocycles. The summed E-state index contributed by atoms with van der Waals surface area (Å²) < 4.78 is 94.3. The van der Waals surface area contributed by atoms with Gasteiger partial charge in [-0.05, 0) is 178 Å². The van der Waals surface area contributed by atoms with E-state index in [0.29, 0.717) is 12.8 Å². The number of benzene rings is 6. The van der Waals surface area contributed by atoms with Gasteiger partial charge in [-0.3, -0.25) is 0 Å². The maximum Gasteiger partial charge on any atom is 0.346 e. The lowest BCUT2D eigenvalue weighted by Gasteiger charge is -2.08. The second-order valence-electron chi connectivity index (χ2n) is 17.7. The fourth-order valence-corrected chi connectivity index (χ4v) is 8.52. The minimum Gasteiger partial charge on any atom is -0.478 e. The van der Waals surface area contributed by atoms with Crippen molar-refractivity contribution in [3.63, 3.8) is 0 Å². The van der Waals surface area contributed by atoms with Crippen LogP contribution in [0.4, 0.5) is 26.3 Å². The van der Waals surface area contributed by atoms with Crippen LogP contribution in [-0.2, 0) is 25.7 Å². The Kier molecular flexibility index (Phi) is 23.9. The Morgan fingerprint density at radius 1 is 0.338 bits per heavy atom. The van der Waals surface area contributed by atoms with E-state index in [1.807, 2.05) is 0 Å². The second kappa shape index (κ2) is 30.2. The monoisotopic (exact) mass is 1150 g/mol. The molecule has 6 aromatic rings. The van der Waals surface area contributed by atoms with Gasteiger partial charge >= 0.3 is 23.9 Å². The van der Waals surface area contributed by atoms with E-state index in [1.165, 1.54) is 72.8 Å². The number of unbranched alkanes of at least 4 members (excludes halogenated alkanes) is 12. The summed E-state index contributed by atoms with van der Waals surface area (Å²) in [6, 6.07) is 25.1. The van der Waals surface area contributed by atoms with Gasteiger partial charge in [-0.2, -0.15) is 0 Å². The van der Waals surface area contributed by atoms with Crippen LogP contribution in [0.1, 0.15) is 154 Å². The SMILES string of the molecule is O=C(O)c1ccc(CCCCCCCCCc2ccc(C(=O)O)c(F)c2)cc1F.O=C(Oc1ccc(Br)c(F)c1)c1ccc(CCCCCCCCCc2ccc(C(=O)Oc3ccc(Br)c(F)c3)c(F)c2)cc1F. The number of halogens is 8. The van der Waals surface area contributed by atoms with Gasteiger partial charge in [0.15, 0.2) is 0 Å². The van der Waals surface area contributed by atoms with Crippen LogP contribution in [0.3, 0.4) is 0 Å². The molecule has 0 unspecified atom stereocenters. The lowest BCUT2D eigenvalue weighted by Crippen LogP contribution is -2.11. The topological polar surface area (TPSA) is 127 Å². The van der Waals surface area contributed by atoms with E-state index in [9.17, 15) is 45.5 Å². The van der Waals surface area contributed by atoms with Gasteiger partial charge in [-0.15, -0.1) is 0 Å². The summed E-state index contributed by atoms with van der Waals surface area (Å²) in [5, 5.41) is 17.6. The molecule has 0 aliphatic carbocycles. The van der Waals surface area contributed by atoms with Crippen LogP contribution in [0.5, 0.6) is 11.5 Å². The molecule has 0 aliphatic heterocycles. The summed E-state index contributed by atoms with van der Waals surface area (Å²) in [5.74, 6) is -8.21. The number of esters is 2. The first-order chi connectivity index (χ1) is 35.5. The van der Waals surface area contributed by atoms with Crippen molar-refractivity contribution in [3.05, 3.63) is 198 Å². The van der Waals surface area contributed by atoms with Crippen molar-refractivity contribution < 1.29 is 65.2 Å². The van der Waals surface area contributed by atoms with Crippen LogP contribution >= 0.6 is 31.9 Å². The van der Waals surface area contributed by atoms with Crippen molar-refractivity contribution >= 4 is 55.7 Å². The minimum absolute atomic E-state index is 0.00972. The number of hydrogen-bond acceptors (Lipinski definition) is 6. The lowest BCUT2D eigenvalue weighted by atomic mass is 10.0. The van der Waals surface area contributed by atoms with Crippen molar-refractivity contribution in [1.82, 2.24) is 0 Å². The predicted octanol–water partition coefficient (Wildman–Crippen LogP) is 16.6. The number of ether oxygens (including phenoxy) is 2. The molecule has 0 spiro atoms. The number of carbonyl (C=O) groups is 4. The maximum absolute atomic E-state index is 14.6. The zero-order chi connectivity index (χ0) is 53.6. The number of carbonyl (C=O) groups excluding carboxylic acids is 2. The highest BCUT2D eigenvalue weighted by Crippen LogP contribution is 2.25. The maximum atomic E-state index is 14.6. The molecule has 0 bridgehead atoms. The predicted molar refractivity (Wildman–Crippen MR) is 277 cm³/mol. The fraction of sp³-hybridized carbons (Fsp3) is 0.310. The highest BCUT2D eigenvalue weighted by molar-refractivity contribution is 9.10. The van der Waals surface area contributed by atoms with E-state index in [0.717, 1.165) is 137 Å². The molecule has 0 aromatic heterocycles. The molecule has 0 amide bonds. The third-order valence-corrected chi connectivity index (χ3v) is 13.4. The van der Waals surface area contributed by atoms with Crippen molar-refractivity contribution in [2.24, 2.45) is 0 Å². The molecule has 2 N–H and O–H groups in total. The minimum atomic E-state index is -1.25. The van der Waals surface area contributed by atoms with Crippen molar-refractivity contribution in [3.8, 4) is 11.5 Å². The van der Waals surface area contributed by atoms with Gasteiger partial charge in [0.25, 0.3) is 0 Å². The number of aryl methyl sites for hydroxylation is 4. The van der Waals surface area contributed by atoms with Crippen LogP contribution in [0, 0.1) is 34.9 Å². The third kappa shape index (κ3) is 19.2. The van der Waals surface area contributed by atoms with Crippen LogP contribution in [-0.4, -0.2) is 34.1 Å². The molecule has 0 radical (unpaired) electrons. The summed E-state index contributed by atoms with van der Waals surface area (Å²) in [6.45, 7) is 0. The fourth-order valence-electron chi connectivity index (χ4n) is 8.02. The number of carboxylic acid groups (broad SMARTS) is 2. The summed E-state index contributed by atoms with van der Waals surface area (Å²) in [4.78, 5) is 46.2. The number of carboxylic acids is 2. The molecule has 74 heavy (non-hydrogen) atoms. The first-order valence-corrected chi connectivity index (χ1v) is 26.0. The average molecular weight is 1150 g/mol. The van der Waals surface area contributed by atoms with E-state index in [4.69, 9.17) is 19.7 Å². The molecular formula is C58H56Br2F6O8. The van der Waals surface area contributed by atoms with Gasteiger partial charge in [0, 0.05) is 12.1 Å². The Labute approximate surface area is 443 Å². The van der Waals surface area contributed by atoms with E-state index >= 15 is 0 Å². The normalized spacial score (nSPS) is 10.9. The molecule has 0 aliphatic rings. The van der Waals surface area contributed by atoms with Gasteiger partial charge in [0.1, 0.15) is 46.4 Å². The first kappa shape index (κ1) is 58.6. The quantitative estimate of drug-likeness (QED) is 0.0238. The Morgan fingerprint density at radius 2 is 0.595 bits per heavy atom. The van der Waals surface area contributed by atoms with Gasteiger partial charge < -0.3 is 19.7 Å². The third-order valence-electron chi connectivity index (χ3n) is 12.1. The van der Waals surface area contributed by atoms with Crippen molar-refractivity contribution in [2.45, 2.75) is 116 Å². The number of rotatable bonds is 26. The van der Waals surface area contributed by atoms with E-state index in [-0.39, 0.29) is 42.7 Å². The largest absolute Gasteiger partial charge is 0.478 e. The van der Waals surface area contributed by atoms with E-state index in [2.05, 4.69) is 31.9 Å². The molecule has 16 heteroatoms. The van der Waals surface area contributed by atoms with Crippen molar-refractivity contribution in [2.75, 3.05) is 0 Å². The zero-order valence-electron chi connectivity index (χ0n) is 40.5. The highest BCUT2D eigenvalue weighted by atomic mass is 79.9. The summed E-state index contributed by atoms with van der Waals surface area (Å²) >= 11 is 6.05. The zero-order valence-corrected chi connectivity index (χ0v) is 43.7. The summed E-state index contributed by atoms with van der Waals surface area (Å²) in [5.41, 5.74) is 2.18. The summed E-state index contributed by atoms with van der Waals surface area (Å²) in [7, 11) is 0. The van der Waals surface area contributed by atoms with Gasteiger partial charge in [-0.1, -0.05) is 88.5 Å². The second-order valence-corrected chi connectivity index (χ2v) is 19.5. The molecular weight excluding hydrogens is 1100 g/mol. The smallest absolute Gasteiger partial charge is 0.346 e. The molecule has 8 nitrogen and oxygen atoms in total. The molecule has 0 atom stereocenters. The number of aromatic carboxylic acids is 2.